The van der Waals surface area contributed by atoms with Gasteiger partial charge in [0.25, 0.3) is 0 Å². The fraction of sp³-hybridized carbons (Fsp3) is 0.375. The molecular formula is C16H20N4O. The first-order valence-electron chi connectivity index (χ1n) is 7.22. The number of imidazole rings is 2. The molecule has 0 aliphatic rings. The van der Waals surface area contributed by atoms with Crippen LogP contribution in [0.5, 0.6) is 5.75 Å². The summed E-state index contributed by atoms with van der Waals surface area (Å²) in [5.74, 6) is 1.73. The lowest BCUT2D eigenvalue weighted by Crippen LogP contribution is -2.06. The minimum atomic E-state index is 0.210. The van der Waals surface area contributed by atoms with E-state index in [-0.39, 0.29) is 5.75 Å². The van der Waals surface area contributed by atoms with Gasteiger partial charge < -0.3 is 5.11 Å². The van der Waals surface area contributed by atoms with Gasteiger partial charge in [-0.15, -0.1) is 0 Å². The molecule has 21 heavy (non-hydrogen) atoms. The fourth-order valence-corrected chi connectivity index (χ4v) is 2.74. The molecule has 0 fully saturated rings. The zero-order chi connectivity index (χ0) is 15.1. The van der Waals surface area contributed by atoms with Crippen LogP contribution in [-0.4, -0.2) is 24.0 Å². The molecule has 0 aliphatic heterocycles. The average Bonchev–Trinajstić information content (AvgIpc) is 3.04. The van der Waals surface area contributed by atoms with E-state index in [9.17, 15) is 5.11 Å². The van der Waals surface area contributed by atoms with Crippen molar-refractivity contribution in [2.45, 2.75) is 39.5 Å². The lowest BCUT2D eigenvalue weighted by atomic mass is 10.0. The molecule has 0 atom stereocenters. The molecule has 3 aromatic rings. The van der Waals surface area contributed by atoms with Crippen molar-refractivity contribution < 1.29 is 5.11 Å². The SMILES string of the molecule is CC(C)c1nc2cc(O)cc(-n3ccnc3)n2c1C(C)C. The van der Waals surface area contributed by atoms with Crippen LogP contribution in [0, 0.1) is 0 Å². The quantitative estimate of drug-likeness (QED) is 0.801. The van der Waals surface area contributed by atoms with Crippen molar-refractivity contribution in [3.63, 3.8) is 0 Å². The summed E-state index contributed by atoms with van der Waals surface area (Å²) in [6.45, 7) is 8.62. The summed E-state index contributed by atoms with van der Waals surface area (Å²) in [5, 5.41) is 10.0. The number of hydrogen-bond acceptors (Lipinski definition) is 3. The van der Waals surface area contributed by atoms with Crippen LogP contribution < -0.4 is 0 Å². The lowest BCUT2D eigenvalue weighted by molar-refractivity contribution is 0.474. The normalized spacial score (nSPS) is 11.9. The number of aromatic hydroxyl groups is 1. The Hall–Kier alpha value is -2.30. The van der Waals surface area contributed by atoms with Crippen molar-refractivity contribution in [3.8, 4) is 11.6 Å². The predicted octanol–water partition coefficient (Wildman–Crippen LogP) is 3.47. The van der Waals surface area contributed by atoms with Crippen molar-refractivity contribution in [2.75, 3.05) is 0 Å². The van der Waals surface area contributed by atoms with Gasteiger partial charge in [0.1, 0.15) is 23.5 Å². The molecule has 0 aliphatic carbocycles. The third kappa shape index (κ3) is 2.18. The van der Waals surface area contributed by atoms with E-state index in [0.29, 0.717) is 11.8 Å². The molecule has 5 nitrogen and oxygen atoms in total. The van der Waals surface area contributed by atoms with Gasteiger partial charge in [0.05, 0.1) is 11.4 Å². The van der Waals surface area contributed by atoms with Crippen LogP contribution in [0.4, 0.5) is 0 Å². The lowest BCUT2D eigenvalue weighted by Gasteiger charge is -2.14. The minimum Gasteiger partial charge on any atom is -0.508 e. The number of fused-ring (bicyclic) bond motifs is 1. The highest BCUT2D eigenvalue weighted by molar-refractivity contribution is 5.55. The molecule has 3 rings (SSSR count). The third-order valence-corrected chi connectivity index (χ3v) is 3.61. The highest BCUT2D eigenvalue weighted by Crippen LogP contribution is 2.31. The topological polar surface area (TPSA) is 55.4 Å². The highest BCUT2D eigenvalue weighted by Gasteiger charge is 2.20. The Morgan fingerprint density at radius 1 is 1.10 bits per heavy atom. The van der Waals surface area contributed by atoms with E-state index >= 15 is 0 Å². The van der Waals surface area contributed by atoms with Crippen molar-refractivity contribution in [2.24, 2.45) is 0 Å². The Morgan fingerprint density at radius 2 is 1.86 bits per heavy atom. The van der Waals surface area contributed by atoms with E-state index in [4.69, 9.17) is 4.98 Å². The van der Waals surface area contributed by atoms with Crippen LogP contribution in [0.25, 0.3) is 11.5 Å². The summed E-state index contributed by atoms with van der Waals surface area (Å²) in [6, 6.07) is 3.45. The smallest absolute Gasteiger partial charge is 0.142 e. The molecule has 0 saturated heterocycles. The van der Waals surface area contributed by atoms with Gasteiger partial charge in [-0.1, -0.05) is 27.7 Å². The molecule has 5 heteroatoms. The largest absolute Gasteiger partial charge is 0.508 e. The second-order valence-electron chi connectivity index (χ2n) is 5.93. The van der Waals surface area contributed by atoms with Gasteiger partial charge in [-0.05, 0) is 11.8 Å². The maximum Gasteiger partial charge on any atom is 0.142 e. The maximum absolute atomic E-state index is 10.0. The summed E-state index contributed by atoms with van der Waals surface area (Å²) in [7, 11) is 0. The summed E-state index contributed by atoms with van der Waals surface area (Å²) < 4.78 is 4.01. The van der Waals surface area contributed by atoms with Crippen LogP contribution >= 0.6 is 0 Å². The number of hydrogen-bond donors (Lipinski definition) is 1. The number of aromatic nitrogens is 4. The average molecular weight is 284 g/mol. The van der Waals surface area contributed by atoms with Gasteiger partial charge in [-0.3, -0.25) is 8.97 Å². The molecule has 0 bridgehead atoms. The zero-order valence-electron chi connectivity index (χ0n) is 12.8. The molecule has 3 aromatic heterocycles. The van der Waals surface area contributed by atoms with Crippen LogP contribution in [0.1, 0.15) is 50.9 Å². The van der Waals surface area contributed by atoms with Crippen molar-refractivity contribution in [3.05, 3.63) is 42.2 Å². The van der Waals surface area contributed by atoms with Gasteiger partial charge in [-0.25, -0.2) is 9.97 Å². The summed E-state index contributed by atoms with van der Waals surface area (Å²) >= 11 is 0. The maximum atomic E-state index is 10.0. The van der Waals surface area contributed by atoms with E-state index in [1.807, 2.05) is 10.8 Å². The third-order valence-electron chi connectivity index (χ3n) is 3.61. The van der Waals surface area contributed by atoms with E-state index in [1.165, 1.54) is 5.69 Å². The number of pyridine rings is 1. The molecule has 110 valence electrons. The first kappa shape index (κ1) is 13.7. The van der Waals surface area contributed by atoms with Crippen molar-refractivity contribution in [1.29, 1.82) is 0 Å². The van der Waals surface area contributed by atoms with E-state index < -0.39 is 0 Å². The standard InChI is InChI=1S/C16H20N4O/c1-10(2)15-16(11(3)4)20-13(18-15)7-12(21)8-14(20)19-6-5-17-9-19/h5-11,21H,1-4H3. The molecule has 0 amide bonds. The molecule has 0 radical (unpaired) electrons. The monoisotopic (exact) mass is 284 g/mol. The second kappa shape index (κ2) is 4.91. The Balaban J connectivity index is 2.42. The second-order valence-corrected chi connectivity index (χ2v) is 5.93. The Bertz CT molecular complexity index is 769. The number of rotatable bonds is 3. The minimum absolute atomic E-state index is 0.210. The van der Waals surface area contributed by atoms with Crippen LogP contribution in [0.15, 0.2) is 30.9 Å². The van der Waals surface area contributed by atoms with Gasteiger partial charge in [0.2, 0.25) is 0 Å². The summed E-state index contributed by atoms with van der Waals surface area (Å²) in [6.07, 6.45) is 5.33. The molecule has 0 unspecified atom stereocenters. The van der Waals surface area contributed by atoms with Gasteiger partial charge >= 0.3 is 0 Å². The van der Waals surface area contributed by atoms with Crippen molar-refractivity contribution in [1.82, 2.24) is 18.9 Å². The molecule has 0 spiro atoms. The van der Waals surface area contributed by atoms with E-state index in [2.05, 4.69) is 37.1 Å². The zero-order valence-corrected chi connectivity index (χ0v) is 12.8. The molecular weight excluding hydrogens is 264 g/mol. The van der Waals surface area contributed by atoms with Gasteiger partial charge in [0.15, 0.2) is 0 Å². The van der Waals surface area contributed by atoms with Crippen LogP contribution in [-0.2, 0) is 0 Å². The van der Waals surface area contributed by atoms with Crippen LogP contribution in [0.3, 0.4) is 0 Å². The van der Waals surface area contributed by atoms with Gasteiger partial charge in [0, 0.05) is 24.5 Å². The first-order chi connectivity index (χ1) is 9.99. The van der Waals surface area contributed by atoms with Crippen molar-refractivity contribution >= 4 is 5.65 Å². The Morgan fingerprint density at radius 3 is 2.43 bits per heavy atom. The fourth-order valence-electron chi connectivity index (χ4n) is 2.74. The number of nitrogens with zero attached hydrogens (tertiary/aromatic N) is 4. The van der Waals surface area contributed by atoms with E-state index in [0.717, 1.165) is 17.2 Å². The first-order valence-corrected chi connectivity index (χ1v) is 7.22. The van der Waals surface area contributed by atoms with E-state index in [1.54, 1.807) is 24.7 Å². The predicted molar refractivity (Wildman–Crippen MR) is 82.2 cm³/mol. The Kier molecular flexibility index (Phi) is 3.20. The summed E-state index contributed by atoms with van der Waals surface area (Å²) in [5.41, 5.74) is 3.03. The highest BCUT2D eigenvalue weighted by atomic mass is 16.3. The molecule has 0 aromatic carbocycles. The Labute approximate surface area is 123 Å². The van der Waals surface area contributed by atoms with Gasteiger partial charge in [-0.2, -0.15) is 0 Å². The molecule has 0 saturated carbocycles. The molecule has 3 heterocycles. The van der Waals surface area contributed by atoms with Crippen LogP contribution in [0.2, 0.25) is 0 Å². The molecule has 1 N–H and O–H groups in total. The summed E-state index contributed by atoms with van der Waals surface area (Å²) in [4.78, 5) is 8.83.